The van der Waals surface area contributed by atoms with E-state index in [1.165, 1.54) is 11.3 Å². The van der Waals surface area contributed by atoms with E-state index in [9.17, 15) is 4.79 Å². The molecule has 2 N–H and O–H groups in total. The number of hydrogen-bond donors (Lipinski definition) is 2. The third-order valence-electron chi connectivity index (χ3n) is 2.79. The highest BCUT2D eigenvalue weighted by Crippen LogP contribution is 2.17. The molecule has 1 amide bonds. The number of hydrogen-bond acceptors (Lipinski definition) is 5. The van der Waals surface area contributed by atoms with Crippen LogP contribution in [0.25, 0.3) is 0 Å². The van der Waals surface area contributed by atoms with Crippen molar-refractivity contribution in [3.8, 4) is 0 Å². The largest absolute Gasteiger partial charge is 0.306 e. The Hall–Kier alpha value is -0.720. The van der Waals surface area contributed by atoms with E-state index in [0.717, 1.165) is 43.7 Å². The van der Waals surface area contributed by atoms with E-state index >= 15 is 0 Å². The third kappa shape index (κ3) is 4.19. The molecule has 1 saturated heterocycles. The lowest BCUT2D eigenvalue weighted by molar-refractivity contribution is -0.118. The summed E-state index contributed by atoms with van der Waals surface area (Å²) < 4.78 is 0. The summed E-state index contributed by atoms with van der Waals surface area (Å²) in [4.78, 5) is 11.9. The standard InChI is InChI=1S/C11H18N4OS.ClH/c1-2-5-9-14-15-11(17-9)13-10(16)8-6-3-4-7-12-8;/h8,12H,2-7H2,1H3,(H,13,15,16);1H/t8-;/m0./s1. The van der Waals surface area contributed by atoms with Gasteiger partial charge in [0.15, 0.2) is 0 Å². The Morgan fingerprint density at radius 1 is 1.50 bits per heavy atom. The van der Waals surface area contributed by atoms with Gasteiger partial charge < -0.3 is 5.32 Å². The van der Waals surface area contributed by atoms with E-state index in [2.05, 4.69) is 27.8 Å². The van der Waals surface area contributed by atoms with Gasteiger partial charge in [-0.05, 0) is 25.8 Å². The second kappa shape index (κ2) is 7.66. The van der Waals surface area contributed by atoms with Crippen molar-refractivity contribution < 1.29 is 4.79 Å². The maximum atomic E-state index is 11.9. The van der Waals surface area contributed by atoms with E-state index < -0.39 is 0 Å². The fourth-order valence-electron chi connectivity index (χ4n) is 1.89. The first-order valence-electron chi connectivity index (χ1n) is 6.16. The number of rotatable bonds is 4. The molecule has 0 aromatic carbocycles. The Morgan fingerprint density at radius 2 is 2.33 bits per heavy atom. The normalized spacial score (nSPS) is 19.1. The Bertz CT molecular complexity index is 379. The lowest BCUT2D eigenvalue weighted by Crippen LogP contribution is -2.43. The summed E-state index contributed by atoms with van der Waals surface area (Å²) in [5.41, 5.74) is 0. The minimum Gasteiger partial charge on any atom is -0.306 e. The van der Waals surface area contributed by atoms with Crippen molar-refractivity contribution >= 4 is 34.8 Å². The molecular weight excluding hydrogens is 272 g/mol. The van der Waals surface area contributed by atoms with E-state index in [1.54, 1.807) is 0 Å². The monoisotopic (exact) mass is 290 g/mol. The van der Waals surface area contributed by atoms with Crippen molar-refractivity contribution in [2.75, 3.05) is 11.9 Å². The van der Waals surface area contributed by atoms with E-state index in [0.29, 0.717) is 5.13 Å². The van der Waals surface area contributed by atoms with Gasteiger partial charge in [-0.15, -0.1) is 22.6 Å². The zero-order valence-corrected chi connectivity index (χ0v) is 12.1. The molecule has 18 heavy (non-hydrogen) atoms. The zero-order valence-electron chi connectivity index (χ0n) is 10.4. The first-order chi connectivity index (χ1) is 8.29. The summed E-state index contributed by atoms with van der Waals surface area (Å²) in [5.74, 6) is 0.0175. The van der Waals surface area contributed by atoms with Crippen LogP contribution in [0.3, 0.4) is 0 Å². The van der Waals surface area contributed by atoms with Gasteiger partial charge in [-0.1, -0.05) is 24.7 Å². The van der Waals surface area contributed by atoms with Crippen LogP contribution in [0.15, 0.2) is 0 Å². The van der Waals surface area contributed by atoms with Gasteiger partial charge in [0, 0.05) is 6.42 Å². The second-order valence-electron chi connectivity index (χ2n) is 4.24. The van der Waals surface area contributed by atoms with Crippen LogP contribution in [0.2, 0.25) is 0 Å². The maximum absolute atomic E-state index is 11.9. The summed E-state index contributed by atoms with van der Waals surface area (Å²) in [7, 11) is 0. The zero-order chi connectivity index (χ0) is 12.1. The van der Waals surface area contributed by atoms with Crippen LogP contribution in [0.5, 0.6) is 0 Å². The number of piperidine rings is 1. The minimum absolute atomic E-state index is 0. The molecule has 0 aliphatic carbocycles. The predicted molar refractivity (Wildman–Crippen MR) is 75.4 cm³/mol. The molecule has 1 aromatic heterocycles. The molecule has 2 heterocycles. The van der Waals surface area contributed by atoms with Gasteiger partial charge in [0.25, 0.3) is 0 Å². The van der Waals surface area contributed by atoms with Gasteiger partial charge >= 0.3 is 0 Å². The molecule has 1 aromatic rings. The second-order valence-corrected chi connectivity index (χ2v) is 5.30. The van der Waals surface area contributed by atoms with Crippen LogP contribution >= 0.6 is 23.7 Å². The molecule has 0 saturated carbocycles. The Morgan fingerprint density at radius 3 is 3.00 bits per heavy atom. The summed E-state index contributed by atoms with van der Waals surface area (Å²) in [6.07, 6.45) is 5.15. The molecule has 1 aliphatic rings. The molecule has 5 nitrogen and oxygen atoms in total. The van der Waals surface area contributed by atoms with Crippen LogP contribution in [0.4, 0.5) is 5.13 Å². The molecule has 0 unspecified atom stereocenters. The molecule has 7 heteroatoms. The molecule has 1 atom stereocenters. The average Bonchev–Trinajstić information content (AvgIpc) is 2.78. The fraction of sp³-hybridized carbons (Fsp3) is 0.727. The molecule has 2 rings (SSSR count). The Labute approximate surface area is 117 Å². The number of aryl methyl sites for hydroxylation is 1. The summed E-state index contributed by atoms with van der Waals surface area (Å²) in [5, 5.41) is 15.7. The SMILES string of the molecule is CCCc1nnc(NC(=O)[C@@H]2CCCCN2)s1.Cl. The summed E-state index contributed by atoms with van der Waals surface area (Å²) in [6, 6.07) is -0.0673. The van der Waals surface area contributed by atoms with E-state index in [4.69, 9.17) is 0 Å². The number of amides is 1. The number of carbonyl (C=O) groups is 1. The van der Waals surface area contributed by atoms with Crippen molar-refractivity contribution in [2.45, 2.75) is 45.1 Å². The molecular formula is C11H19ClN4OS. The van der Waals surface area contributed by atoms with Crippen molar-refractivity contribution in [1.29, 1.82) is 0 Å². The van der Waals surface area contributed by atoms with Crippen LogP contribution in [0.1, 0.15) is 37.6 Å². The fourth-order valence-corrected chi connectivity index (χ4v) is 2.73. The number of aromatic nitrogens is 2. The van der Waals surface area contributed by atoms with Crippen molar-refractivity contribution in [3.05, 3.63) is 5.01 Å². The molecule has 1 fully saturated rings. The highest BCUT2D eigenvalue weighted by molar-refractivity contribution is 7.15. The third-order valence-corrected chi connectivity index (χ3v) is 3.69. The highest BCUT2D eigenvalue weighted by atomic mass is 35.5. The van der Waals surface area contributed by atoms with Crippen molar-refractivity contribution in [1.82, 2.24) is 15.5 Å². The average molecular weight is 291 g/mol. The topological polar surface area (TPSA) is 66.9 Å². The van der Waals surface area contributed by atoms with Crippen LogP contribution in [-0.2, 0) is 11.2 Å². The molecule has 1 aliphatic heterocycles. The minimum atomic E-state index is -0.0673. The Balaban J connectivity index is 0.00000162. The maximum Gasteiger partial charge on any atom is 0.243 e. The van der Waals surface area contributed by atoms with Crippen molar-refractivity contribution in [3.63, 3.8) is 0 Å². The molecule has 102 valence electrons. The number of nitrogens with zero attached hydrogens (tertiary/aromatic N) is 2. The summed E-state index contributed by atoms with van der Waals surface area (Å²) in [6.45, 7) is 3.03. The highest BCUT2D eigenvalue weighted by Gasteiger charge is 2.21. The quantitative estimate of drug-likeness (QED) is 0.890. The first kappa shape index (κ1) is 15.3. The van der Waals surface area contributed by atoms with Crippen LogP contribution in [0, 0.1) is 0 Å². The van der Waals surface area contributed by atoms with Gasteiger partial charge in [-0.3, -0.25) is 10.1 Å². The number of anilines is 1. The first-order valence-corrected chi connectivity index (χ1v) is 6.98. The van der Waals surface area contributed by atoms with Crippen molar-refractivity contribution in [2.24, 2.45) is 0 Å². The van der Waals surface area contributed by atoms with Gasteiger partial charge in [-0.2, -0.15) is 0 Å². The van der Waals surface area contributed by atoms with E-state index in [-0.39, 0.29) is 24.4 Å². The lowest BCUT2D eigenvalue weighted by atomic mass is 10.0. The molecule has 0 bridgehead atoms. The Kier molecular flexibility index (Phi) is 6.52. The lowest BCUT2D eigenvalue weighted by Gasteiger charge is -2.21. The van der Waals surface area contributed by atoms with Gasteiger partial charge in [0.1, 0.15) is 5.01 Å². The predicted octanol–water partition coefficient (Wildman–Crippen LogP) is 1.99. The summed E-state index contributed by atoms with van der Waals surface area (Å²) >= 11 is 1.47. The number of halogens is 1. The van der Waals surface area contributed by atoms with Gasteiger partial charge in [0.2, 0.25) is 11.0 Å². The molecule has 0 spiro atoms. The molecule has 0 radical (unpaired) electrons. The number of nitrogens with one attached hydrogen (secondary N) is 2. The van der Waals surface area contributed by atoms with Crippen LogP contribution < -0.4 is 10.6 Å². The van der Waals surface area contributed by atoms with Crippen LogP contribution in [-0.4, -0.2) is 28.7 Å². The van der Waals surface area contributed by atoms with Gasteiger partial charge in [-0.25, -0.2) is 0 Å². The smallest absolute Gasteiger partial charge is 0.243 e. The van der Waals surface area contributed by atoms with E-state index in [1.807, 2.05) is 0 Å². The van der Waals surface area contributed by atoms with Gasteiger partial charge in [0.05, 0.1) is 6.04 Å². The number of carbonyl (C=O) groups excluding carboxylic acids is 1.